The van der Waals surface area contributed by atoms with E-state index in [-0.39, 0.29) is 23.3 Å². The molecule has 218 valence electrons. The molecule has 2 fully saturated rings. The molecule has 40 heavy (non-hydrogen) atoms. The van der Waals surface area contributed by atoms with Crippen LogP contribution in [0.5, 0.6) is 0 Å². The molecule has 2 aliphatic heterocycles. The molecule has 2 heterocycles. The van der Waals surface area contributed by atoms with Crippen molar-refractivity contribution in [3.05, 3.63) is 71.3 Å². The number of likely N-dealkylation sites (tertiary alicyclic amines) is 1. The number of amides is 3. The molecule has 0 aromatic heterocycles. The molecule has 9 heteroatoms. The highest BCUT2D eigenvalue weighted by Gasteiger charge is 2.45. The molecule has 3 amide bonds. The van der Waals surface area contributed by atoms with Gasteiger partial charge in [-0.25, -0.2) is 4.79 Å². The van der Waals surface area contributed by atoms with Crippen molar-refractivity contribution in [3.8, 4) is 0 Å². The van der Waals surface area contributed by atoms with Crippen molar-refractivity contribution in [1.82, 2.24) is 14.7 Å². The van der Waals surface area contributed by atoms with Gasteiger partial charge in [0.1, 0.15) is 0 Å². The summed E-state index contributed by atoms with van der Waals surface area (Å²) in [5.74, 6) is 0.330. The van der Waals surface area contributed by atoms with Crippen LogP contribution in [0.2, 0.25) is 0 Å². The van der Waals surface area contributed by atoms with Crippen LogP contribution < -0.4 is 5.73 Å². The number of nitrogens with zero attached hydrogens (tertiary/aromatic N) is 3. The van der Waals surface area contributed by atoms with Crippen molar-refractivity contribution >= 4 is 11.9 Å². The van der Waals surface area contributed by atoms with Crippen LogP contribution in [0, 0.1) is 11.3 Å². The number of hydrogen-bond donors (Lipinski definition) is 1. The van der Waals surface area contributed by atoms with Crippen LogP contribution in [-0.4, -0.2) is 65.4 Å². The highest BCUT2D eigenvalue weighted by Crippen LogP contribution is 2.41. The molecule has 0 aliphatic carbocycles. The number of halogens is 3. The van der Waals surface area contributed by atoms with E-state index in [0.717, 1.165) is 36.1 Å². The molecule has 2 saturated heterocycles. The summed E-state index contributed by atoms with van der Waals surface area (Å²) in [5.41, 5.74) is 5.60. The highest BCUT2D eigenvalue weighted by atomic mass is 19.4. The summed E-state index contributed by atoms with van der Waals surface area (Å²) in [6, 6.07) is 14.8. The number of rotatable bonds is 5. The molecule has 2 aromatic carbocycles. The zero-order valence-electron chi connectivity index (χ0n) is 23.9. The largest absolute Gasteiger partial charge is 0.416 e. The Balaban J connectivity index is 1.59. The first kappa shape index (κ1) is 29.9. The maximum atomic E-state index is 13.7. The summed E-state index contributed by atoms with van der Waals surface area (Å²) in [7, 11) is 0. The van der Waals surface area contributed by atoms with Crippen molar-refractivity contribution in [2.24, 2.45) is 17.1 Å². The zero-order valence-corrected chi connectivity index (χ0v) is 23.9. The van der Waals surface area contributed by atoms with Crippen molar-refractivity contribution in [2.45, 2.75) is 64.7 Å². The van der Waals surface area contributed by atoms with Crippen molar-refractivity contribution in [2.75, 3.05) is 32.7 Å². The second-order valence-corrected chi connectivity index (χ2v) is 12.4. The van der Waals surface area contributed by atoms with E-state index >= 15 is 0 Å². The average molecular weight is 559 g/mol. The molecule has 4 rings (SSSR count). The standard InChI is InChI=1S/C31H41F3N4O2/c1-29(2,3)26-21-37(18-19-38(26)27(39)20-22-14-16-36(17-15-22)28(35)40)30(4,23-8-6-5-7-9-23)24-10-12-25(13-11-24)31(32,33)34/h5-13,22,26H,14-21H2,1-4H3,(H2,35,40). The van der Waals surface area contributed by atoms with E-state index in [4.69, 9.17) is 5.73 Å². The van der Waals surface area contributed by atoms with Crippen LogP contribution in [0.3, 0.4) is 0 Å². The third-order valence-corrected chi connectivity index (χ3v) is 8.83. The van der Waals surface area contributed by atoms with Crippen LogP contribution >= 0.6 is 0 Å². The molecule has 6 nitrogen and oxygen atoms in total. The summed E-state index contributed by atoms with van der Waals surface area (Å²) in [4.78, 5) is 31.1. The number of carbonyl (C=O) groups is 2. The van der Waals surface area contributed by atoms with Crippen molar-refractivity contribution in [3.63, 3.8) is 0 Å². The fraction of sp³-hybridized carbons (Fsp3) is 0.548. The minimum absolute atomic E-state index is 0.0862. The summed E-state index contributed by atoms with van der Waals surface area (Å²) in [6.07, 6.45) is -2.45. The molecule has 2 aliphatic rings. The molecule has 0 spiro atoms. The van der Waals surface area contributed by atoms with Gasteiger partial charge in [-0.2, -0.15) is 13.2 Å². The fourth-order valence-electron chi connectivity index (χ4n) is 6.23. The lowest BCUT2D eigenvalue weighted by atomic mass is 9.78. The lowest BCUT2D eigenvalue weighted by Gasteiger charge is -2.53. The molecule has 2 aromatic rings. The monoisotopic (exact) mass is 558 g/mol. The molecular formula is C31H41F3N4O2. The number of piperidine rings is 1. The number of alkyl halides is 3. The van der Waals surface area contributed by atoms with Gasteiger partial charge in [0, 0.05) is 45.2 Å². The van der Waals surface area contributed by atoms with Gasteiger partial charge in [-0.05, 0) is 54.4 Å². The first-order chi connectivity index (χ1) is 18.7. The van der Waals surface area contributed by atoms with Crippen LogP contribution in [0.25, 0.3) is 0 Å². The summed E-state index contributed by atoms with van der Waals surface area (Å²) in [6.45, 7) is 11.3. The molecule has 0 saturated carbocycles. The minimum atomic E-state index is -4.40. The van der Waals surface area contributed by atoms with E-state index in [1.807, 2.05) is 35.2 Å². The van der Waals surface area contributed by atoms with Gasteiger partial charge in [-0.3, -0.25) is 9.69 Å². The Hall–Kier alpha value is -3.07. The van der Waals surface area contributed by atoms with Gasteiger partial charge >= 0.3 is 12.2 Å². The number of nitrogens with two attached hydrogens (primary N) is 1. The highest BCUT2D eigenvalue weighted by molar-refractivity contribution is 5.77. The summed E-state index contributed by atoms with van der Waals surface area (Å²) >= 11 is 0. The van der Waals surface area contributed by atoms with Gasteiger partial charge in [0.15, 0.2) is 0 Å². The van der Waals surface area contributed by atoms with Crippen LogP contribution in [0.4, 0.5) is 18.0 Å². The first-order valence-electron chi connectivity index (χ1n) is 14.0. The summed E-state index contributed by atoms with van der Waals surface area (Å²) < 4.78 is 40.0. The molecule has 2 unspecified atom stereocenters. The number of piperazine rings is 1. The fourth-order valence-corrected chi connectivity index (χ4v) is 6.23. The lowest BCUT2D eigenvalue weighted by Crippen LogP contribution is -2.63. The molecule has 2 atom stereocenters. The predicted octanol–water partition coefficient (Wildman–Crippen LogP) is 5.71. The molecule has 0 bridgehead atoms. The number of carbonyl (C=O) groups excluding carboxylic acids is 2. The Morgan fingerprint density at radius 2 is 1.38 bits per heavy atom. The van der Waals surface area contributed by atoms with Crippen molar-refractivity contribution in [1.29, 1.82) is 0 Å². The predicted molar refractivity (Wildman–Crippen MR) is 149 cm³/mol. The van der Waals surface area contributed by atoms with E-state index in [0.29, 0.717) is 39.1 Å². The van der Waals surface area contributed by atoms with E-state index in [2.05, 4.69) is 32.6 Å². The summed E-state index contributed by atoms with van der Waals surface area (Å²) in [5, 5.41) is 0. The second-order valence-electron chi connectivity index (χ2n) is 12.4. The Bertz CT molecular complexity index is 1170. The van der Waals surface area contributed by atoms with Gasteiger partial charge in [0.05, 0.1) is 11.1 Å². The van der Waals surface area contributed by atoms with E-state index in [1.165, 1.54) is 0 Å². The van der Waals surface area contributed by atoms with Gasteiger partial charge in [0.2, 0.25) is 5.91 Å². The normalized spacial score (nSPS) is 21.2. The SMILES string of the molecule is CC(C)(C)C1CN(C(C)(c2ccccc2)c2ccc(C(F)(F)F)cc2)CCN1C(=O)CC1CCN(C(N)=O)CC1. The van der Waals surface area contributed by atoms with Crippen LogP contribution in [-0.2, 0) is 16.5 Å². The number of hydrogen-bond acceptors (Lipinski definition) is 3. The first-order valence-corrected chi connectivity index (χ1v) is 14.0. The lowest BCUT2D eigenvalue weighted by molar-refractivity contribution is -0.142. The van der Waals surface area contributed by atoms with Crippen molar-refractivity contribution < 1.29 is 22.8 Å². The van der Waals surface area contributed by atoms with Gasteiger partial charge in [-0.15, -0.1) is 0 Å². The van der Waals surface area contributed by atoms with Gasteiger partial charge in [-0.1, -0.05) is 63.2 Å². The van der Waals surface area contributed by atoms with Crippen LogP contribution in [0.1, 0.15) is 63.6 Å². The molecule has 2 N–H and O–H groups in total. The average Bonchev–Trinajstić information content (AvgIpc) is 2.92. The van der Waals surface area contributed by atoms with E-state index < -0.39 is 23.3 Å². The topological polar surface area (TPSA) is 69.9 Å². The van der Waals surface area contributed by atoms with Crippen LogP contribution in [0.15, 0.2) is 54.6 Å². The Morgan fingerprint density at radius 1 is 0.825 bits per heavy atom. The zero-order chi connectivity index (χ0) is 29.3. The maximum absolute atomic E-state index is 13.7. The Labute approximate surface area is 235 Å². The third kappa shape index (κ3) is 6.29. The van der Waals surface area contributed by atoms with E-state index in [1.54, 1.807) is 17.0 Å². The Morgan fingerprint density at radius 3 is 1.90 bits per heavy atom. The van der Waals surface area contributed by atoms with Gasteiger partial charge in [0.25, 0.3) is 0 Å². The number of urea groups is 1. The Kier molecular flexibility index (Phi) is 8.54. The maximum Gasteiger partial charge on any atom is 0.416 e. The number of primary amides is 1. The minimum Gasteiger partial charge on any atom is -0.351 e. The smallest absolute Gasteiger partial charge is 0.351 e. The molecular weight excluding hydrogens is 517 g/mol. The molecule has 0 radical (unpaired) electrons. The quantitative estimate of drug-likeness (QED) is 0.511. The second kappa shape index (κ2) is 11.4. The van der Waals surface area contributed by atoms with Gasteiger partial charge < -0.3 is 15.5 Å². The number of benzene rings is 2. The third-order valence-electron chi connectivity index (χ3n) is 8.83. The van der Waals surface area contributed by atoms with E-state index in [9.17, 15) is 22.8 Å².